The third-order valence-corrected chi connectivity index (χ3v) is 2.39. The molecule has 1 heterocycles. The first-order valence-corrected chi connectivity index (χ1v) is 4.96. The fourth-order valence-electron chi connectivity index (χ4n) is 1.60. The highest BCUT2D eigenvalue weighted by atomic mass is 16.2. The van der Waals surface area contributed by atoms with Crippen molar-refractivity contribution >= 4 is 22.6 Å². The molecule has 4 nitrogen and oxygen atoms in total. The van der Waals surface area contributed by atoms with Crippen LogP contribution >= 0.6 is 0 Å². The minimum Gasteiger partial charge on any atom is -0.384 e. The van der Waals surface area contributed by atoms with Gasteiger partial charge in [0.15, 0.2) is 0 Å². The van der Waals surface area contributed by atoms with E-state index in [0.717, 1.165) is 10.9 Å². The number of benzene rings is 1. The molecule has 0 radical (unpaired) electrons. The van der Waals surface area contributed by atoms with Gasteiger partial charge in [-0.05, 0) is 24.3 Å². The summed E-state index contributed by atoms with van der Waals surface area (Å²) in [6, 6.07) is 8.98. The highest BCUT2D eigenvalue weighted by Crippen LogP contribution is 2.19. The van der Waals surface area contributed by atoms with Crippen LogP contribution in [0.2, 0.25) is 0 Å². The van der Waals surface area contributed by atoms with Crippen molar-refractivity contribution in [2.75, 3.05) is 19.8 Å². The number of carbonyl (C=O) groups is 1. The Morgan fingerprint density at radius 3 is 2.69 bits per heavy atom. The molecule has 1 amide bonds. The van der Waals surface area contributed by atoms with Crippen molar-refractivity contribution in [1.82, 2.24) is 9.88 Å². The van der Waals surface area contributed by atoms with Gasteiger partial charge in [-0.25, -0.2) is 4.98 Å². The summed E-state index contributed by atoms with van der Waals surface area (Å²) in [5.41, 5.74) is 6.99. The zero-order chi connectivity index (χ0) is 11.7. The van der Waals surface area contributed by atoms with E-state index in [1.165, 1.54) is 0 Å². The van der Waals surface area contributed by atoms with Crippen LogP contribution in [0, 0.1) is 0 Å². The maximum atomic E-state index is 11.9. The Morgan fingerprint density at radius 1 is 1.25 bits per heavy atom. The Morgan fingerprint density at radius 2 is 2.00 bits per heavy atom. The molecule has 2 N–H and O–H groups in total. The second kappa shape index (κ2) is 3.81. The maximum Gasteiger partial charge on any atom is 0.254 e. The van der Waals surface area contributed by atoms with E-state index in [-0.39, 0.29) is 5.91 Å². The zero-order valence-electron chi connectivity index (χ0n) is 9.27. The second-order valence-electron chi connectivity index (χ2n) is 3.81. The first-order valence-electron chi connectivity index (χ1n) is 4.96. The van der Waals surface area contributed by atoms with Gasteiger partial charge in [0.2, 0.25) is 0 Å². The first-order chi connectivity index (χ1) is 7.59. The van der Waals surface area contributed by atoms with Crippen molar-refractivity contribution in [2.24, 2.45) is 0 Å². The van der Waals surface area contributed by atoms with E-state index in [9.17, 15) is 4.79 Å². The lowest BCUT2D eigenvalue weighted by Crippen LogP contribution is -2.21. The molecule has 16 heavy (non-hydrogen) atoms. The molecule has 0 aliphatic carbocycles. The van der Waals surface area contributed by atoms with E-state index in [1.807, 2.05) is 18.2 Å². The van der Waals surface area contributed by atoms with Crippen molar-refractivity contribution in [3.63, 3.8) is 0 Å². The van der Waals surface area contributed by atoms with Crippen molar-refractivity contribution in [3.05, 3.63) is 35.9 Å². The number of hydrogen-bond donors (Lipinski definition) is 1. The Hall–Kier alpha value is -2.10. The van der Waals surface area contributed by atoms with Gasteiger partial charge in [0.1, 0.15) is 5.82 Å². The zero-order valence-corrected chi connectivity index (χ0v) is 9.27. The summed E-state index contributed by atoms with van der Waals surface area (Å²) in [4.78, 5) is 17.6. The van der Waals surface area contributed by atoms with Gasteiger partial charge in [-0.2, -0.15) is 0 Å². The van der Waals surface area contributed by atoms with Crippen LogP contribution in [0.15, 0.2) is 30.3 Å². The van der Waals surface area contributed by atoms with Crippen LogP contribution in [0.4, 0.5) is 5.82 Å². The van der Waals surface area contributed by atoms with E-state index < -0.39 is 0 Å². The molecule has 0 saturated carbocycles. The van der Waals surface area contributed by atoms with Gasteiger partial charge in [-0.1, -0.05) is 6.07 Å². The molecule has 2 rings (SSSR count). The van der Waals surface area contributed by atoms with Crippen molar-refractivity contribution in [3.8, 4) is 0 Å². The van der Waals surface area contributed by atoms with Gasteiger partial charge in [0.05, 0.1) is 5.52 Å². The molecule has 0 atom stereocenters. The maximum absolute atomic E-state index is 11.9. The number of nitrogens with two attached hydrogens (primary N) is 1. The van der Waals surface area contributed by atoms with Crippen LogP contribution in [-0.4, -0.2) is 29.9 Å². The lowest BCUT2D eigenvalue weighted by molar-refractivity contribution is 0.0829. The van der Waals surface area contributed by atoms with Crippen LogP contribution in [0.3, 0.4) is 0 Å². The molecule has 0 bridgehead atoms. The van der Waals surface area contributed by atoms with Gasteiger partial charge in [0, 0.05) is 25.0 Å². The predicted molar refractivity (Wildman–Crippen MR) is 64.2 cm³/mol. The summed E-state index contributed by atoms with van der Waals surface area (Å²) in [5, 5.41) is 0.829. The summed E-state index contributed by atoms with van der Waals surface area (Å²) in [7, 11) is 3.46. The molecule has 0 aliphatic heterocycles. The highest BCUT2D eigenvalue weighted by Gasteiger charge is 2.11. The summed E-state index contributed by atoms with van der Waals surface area (Å²) in [5.74, 6) is 0.430. The molecule has 82 valence electrons. The van der Waals surface area contributed by atoms with E-state index in [2.05, 4.69) is 4.98 Å². The molecule has 2 aromatic rings. The molecule has 1 aromatic heterocycles. The summed E-state index contributed by atoms with van der Waals surface area (Å²) >= 11 is 0. The Labute approximate surface area is 93.7 Å². The number of aromatic nitrogens is 1. The minimum absolute atomic E-state index is 0.0304. The SMILES string of the molecule is CN(C)C(=O)c1cccc2nc(N)ccc12. The van der Waals surface area contributed by atoms with Crippen molar-refractivity contribution in [2.45, 2.75) is 0 Å². The molecular weight excluding hydrogens is 202 g/mol. The van der Waals surface area contributed by atoms with Gasteiger partial charge < -0.3 is 10.6 Å². The standard InChI is InChI=1S/C12H13N3O/c1-15(2)12(16)9-4-3-5-10-8(9)6-7-11(13)14-10/h3-7H,1-2H3,(H2,13,14). The fraction of sp³-hybridized carbons (Fsp3) is 0.167. The summed E-state index contributed by atoms with van der Waals surface area (Å²) < 4.78 is 0. The number of rotatable bonds is 1. The number of nitrogens with zero attached hydrogens (tertiary/aromatic N) is 2. The number of fused-ring (bicyclic) bond motifs is 1. The fourth-order valence-corrected chi connectivity index (χ4v) is 1.60. The predicted octanol–water partition coefficient (Wildman–Crippen LogP) is 1.52. The Bertz CT molecular complexity index is 549. The summed E-state index contributed by atoms with van der Waals surface area (Å²) in [6.45, 7) is 0. The van der Waals surface area contributed by atoms with Gasteiger partial charge in [-0.15, -0.1) is 0 Å². The van der Waals surface area contributed by atoms with Crippen molar-refractivity contribution < 1.29 is 4.79 Å². The van der Waals surface area contributed by atoms with E-state index >= 15 is 0 Å². The molecule has 0 saturated heterocycles. The van der Waals surface area contributed by atoms with Crippen LogP contribution in [0.5, 0.6) is 0 Å². The molecule has 4 heteroatoms. The topological polar surface area (TPSA) is 59.2 Å². The lowest BCUT2D eigenvalue weighted by atomic mass is 10.1. The molecule has 0 spiro atoms. The minimum atomic E-state index is -0.0304. The quantitative estimate of drug-likeness (QED) is 0.784. The lowest BCUT2D eigenvalue weighted by Gasteiger charge is -2.12. The number of pyridine rings is 1. The molecule has 0 aliphatic rings. The normalized spacial score (nSPS) is 10.4. The summed E-state index contributed by atoms with van der Waals surface area (Å²) in [6.07, 6.45) is 0. The van der Waals surface area contributed by atoms with Crippen LogP contribution in [0.1, 0.15) is 10.4 Å². The monoisotopic (exact) mass is 215 g/mol. The molecule has 0 fully saturated rings. The molecule has 0 unspecified atom stereocenters. The second-order valence-corrected chi connectivity index (χ2v) is 3.81. The smallest absolute Gasteiger partial charge is 0.254 e. The largest absolute Gasteiger partial charge is 0.384 e. The van der Waals surface area contributed by atoms with E-state index in [4.69, 9.17) is 5.73 Å². The van der Waals surface area contributed by atoms with Gasteiger partial charge in [0.25, 0.3) is 5.91 Å². The van der Waals surface area contributed by atoms with E-state index in [1.54, 1.807) is 31.1 Å². The highest BCUT2D eigenvalue weighted by molar-refractivity contribution is 6.06. The number of anilines is 1. The first kappa shape index (κ1) is 10.4. The Kier molecular flexibility index (Phi) is 2.48. The third kappa shape index (κ3) is 1.69. The van der Waals surface area contributed by atoms with Crippen LogP contribution in [0.25, 0.3) is 10.9 Å². The van der Waals surface area contributed by atoms with E-state index in [0.29, 0.717) is 11.4 Å². The Balaban J connectivity index is 2.67. The average molecular weight is 215 g/mol. The average Bonchev–Trinajstić information content (AvgIpc) is 2.26. The number of nitrogen functional groups attached to an aromatic ring is 1. The molecular formula is C12H13N3O. The number of carbonyl (C=O) groups excluding carboxylic acids is 1. The van der Waals surface area contributed by atoms with Gasteiger partial charge in [-0.3, -0.25) is 4.79 Å². The third-order valence-electron chi connectivity index (χ3n) is 2.39. The number of amides is 1. The van der Waals surface area contributed by atoms with Crippen LogP contribution in [-0.2, 0) is 0 Å². The molecule has 1 aromatic carbocycles. The van der Waals surface area contributed by atoms with Gasteiger partial charge >= 0.3 is 0 Å². The van der Waals surface area contributed by atoms with Crippen molar-refractivity contribution in [1.29, 1.82) is 0 Å². The number of hydrogen-bond acceptors (Lipinski definition) is 3. The van der Waals surface area contributed by atoms with Crippen LogP contribution < -0.4 is 5.73 Å².